The van der Waals surface area contributed by atoms with Gasteiger partial charge in [-0.25, -0.2) is 9.78 Å². The van der Waals surface area contributed by atoms with E-state index in [0.29, 0.717) is 16.5 Å². The maximum atomic E-state index is 11.9. The molecule has 0 saturated carbocycles. The summed E-state index contributed by atoms with van der Waals surface area (Å²) in [5.41, 5.74) is 0.301. The molecule has 21 heavy (non-hydrogen) atoms. The first-order valence-electron chi connectivity index (χ1n) is 5.90. The van der Waals surface area contributed by atoms with Gasteiger partial charge < -0.3 is 15.3 Å². The molecule has 0 aromatic carbocycles. The van der Waals surface area contributed by atoms with E-state index in [-0.39, 0.29) is 17.3 Å². The topological polar surface area (TPSA) is 82.5 Å². The van der Waals surface area contributed by atoms with Crippen molar-refractivity contribution in [3.63, 3.8) is 0 Å². The van der Waals surface area contributed by atoms with Crippen LogP contribution in [0.2, 0.25) is 5.02 Å². The number of halogens is 1. The van der Waals surface area contributed by atoms with Crippen molar-refractivity contribution >= 4 is 46.3 Å². The Morgan fingerprint density at radius 3 is 2.81 bits per heavy atom. The summed E-state index contributed by atoms with van der Waals surface area (Å²) in [4.78, 5) is 28.7. The third-order valence-electron chi connectivity index (χ3n) is 2.62. The van der Waals surface area contributed by atoms with Crippen molar-refractivity contribution in [1.29, 1.82) is 0 Å². The molecule has 2 aromatic rings. The average Bonchev–Trinajstić information content (AvgIpc) is 2.87. The summed E-state index contributed by atoms with van der Waals surface area (Å²) in [6, 6.07) is 4.94. The number of nitrogens with zero attached hydrogens (tertiary/aromatic N) is 2. The summed E-state index contributed by atoms with van der Waals surface area (Å²) in [6.45, 7) is 0.0452. The molecule has 0 fully saturated rings. The van der Waals surface area contributed by atoms with Crippen LogP contribution < -0.4 is 10.2 Å². The van der Waals surface area contributed by atoms with E-state index in [9.17, 15) is 9.59 Å². The first kappa shape index (κ1) is 15.3. The lowest BCUT2D eigenvalue weighted by molar-refractivity contribution is -0.114. The largest absolute Gasteiger partial charge is 0.477 e. The number of aromatic nitrogens is 1. The Morgan fingerprint density at radius 1 is 1.43 bits per heavy atom. The molecule has 0 aliphatic heterocycles. The van der Waals surface area contributed by atoms with E-state index in [1.807, 2.05) is 0 Å². The number of likely N-dealkylation sites (N-methyl/N-ethyl adjacent to an activating group) is 1. The van der Waals surface area contributed by atoms with Gasteiger partial charge in [0.2, 0.25) is 5.91 Å². The number of carbonyl (C=O) groups is 2. The normalized spacial score (nSPS) is 10.2. The maximum Gasteiger partial charge on any atom is 0.348 e. The molecule has 0 aliphatic carbocycles. The maximum absolute atomic E-state index is 11.9. The van der Waals surface area contributed by atoms with E-state index in [4.69, 9.17) is 16.7 Å². The van der Waals surface area contributed by atoms with Crippen LogP contribution in [-0.2, 0) is 4.79 Å². The van der Waals surface area contributed by atoms with E-state index in [2.05, 4.69) is 10.3 Å². The van der Waals surface area contributed by atoms with Crippen molar-refractivity contribution < 1.29 is 14.7 Å². The molecule has 2 heterocycles. The second-order valence-corrected chi connectivity index (χ2v) is 5.56. The average molecular weight is 326 g/mol. The van der Waals surface area contributed by atoms with Crippen LogP contribution >= 0.6 is 22.9 Å². The fourth-order valence-corrected chi connectivity index (χ4v) is 2.45. The van der Waals surface area contributed by atoms with Gasteiger partial charge in [0.05, 0.1) is 17.3 Å². The molecule has 110 valence electrons. The lowest BCUT2D eigenvalue weighted by Gasteiger charge is -2.17. The minimum absolute atomic E-state index is 0.0452. The Balaban J connectivity index is 1.99. The minimum atomic E-state index is -1.06. The van der Waals surface area contributed by atoms with Crippen LogP contribution in [0.5, 0.6) is 0 Å². The Morgan fingerprint density at radius 2 is 2.19 bits per heavy atom. The summed E-state index contributed by atoms with van der Waals surface area (Å²) in [5, 5.41) is 13.7. The predicted molar refractivity (Wildman–Crippen MR) is 82.4 cm³/mol. The van der Waals surface area contributed by atoms with Gasteiger partial charge in [-0.1, -0.05) is 11.6 Å². The zero-order chi connectivity index (χ0) is 15.4. The van der Waals surface area contributed by atoms with E-state index >= 15 is 0 Å². The molecule has 2 rings (SSSR count). The third kappa shape index (κ3) is 3.93. The quantitative estimate of drug-likeness (QED) is 0.882. The molecule has 0 spiro atoms. The van der Waals surface area contributed by atoms with Crippen molar-refractivity contribution in [2.45, 2.75) is 0 Å². The zero-order valence-corrected chi connectivity index (χ0v) is 12.6. The molecule has 2 N–H and O–H groups in total. The van der Waals surface area contributed by atoms with Crippen LogP contribution in [0.1, 0.15) is 9.67 Å². The van der Waals surface area contributed by atoms with Gasteiger partial charge in [-0.05, 0) is 23.6 Å². The van der Waals surface area contributed by atoms with Crippen LogP contribution in [0, 0.1) is 0 Å². The summed E-state index contributed by atoms with van der Waals surface area (Å²) in [7, 11) is 1.71. The van der Waals surface area contributed by atoms with E-state index < -0.39 is 5.97 Å². The fourth-order valence-electron chi connectivity index (χ4n) is 1.65. The number of thiophene rings is 1. The van der Waals surface area contributed by atoms with Crippen molar-refractivity contribution in [3.8, 4) is 0 Å². The number of hydrogen-bond donors (Lipinski definition) is 2. The number of anilines is 2. The van der Waals surface area contributed by atoms with Crippen molar-refractivity contribution in [3.05, 3.63) is 39.7 Å². The highest BCUT2D eigenvalue weighted by Gasteiger charge is 2.15. The van der Waals surface area contributed by atoms with Crippen LogP contribution in [0.4, 0.5) is 11.5 Å². The van der Waals surface area contributed by atoms with Crippen molar-refractivity contribution in [2.24, 2.45) is 0 Å². The smallest absolute Gasteiger partial charge is 0.348 e. The second kappa shape index (κ2) is 6.55. The molecule has 0 aliphatic rings. The molecule has 1 amide bonds. The number of carboxylic acid groups (broad SMARTS) is 1. The van der Waals surface area contributed by atoms with Crippen LogP contribution in [-0.4, -0.2) is 35.6 Å². The van der Waals surface area contributed by atoms with E-state index in [1.54, 1.807) is 35.5 Å². The first-order chi connectivity index (χ1) is 9.97. The van der Waals surface area contributed by atoms with Gasteiger partial charge in [-0.15, -0.1) is 11.3 Å². The number of rotatable bonds is 5. The molecule has 0 atom stereocenters. The predicted octanol–water partition coefficient (Wildman–Crippen LogP) is 2.57. The molecule has 8 heteroatoms. The number of carboxylic acids is 1. The molecule has 0 unspecified atom stereocenters. The highest BCUT2D eigenvalue weighted by molar-refractivity contribution is 7.12. The molecular weight excluding hydrogens is 314 g/mol. The van der Waals surface area contributed by atoms with Crippen LogP contribution in [0.25, 0.3) is 0 Å². The molecule has 2 aromatic heterocycles. The lowest BCUT2D eigenvalue weighted by Crippen LogP contribution is -2.30. The van der Waals surface area contributed by atoms with E-state index in [0.717, 1.165) is 11.3 Å². The monoisotopic (exact) mass is 325 g/mol. The van der Waals surface area contributed by atoms with Gasteiger partial charge in [-0.3, -0.25) is 4.79 Å². The van der Waals surface area contributed by atoms with Gasteiger partial charge in [0.25, 0.3) is 0 Å². The van der Waals surface area contributed by atoms with Gasteiger partial charge in [0, 0.05) is 13.2 Å². The van der Waals surface area contributed by atoms with E-state index in [1.165, 1.54) is 6.20 Å². The zero-order valence-electron chi connectivity index (χ0n) is 11.0. The number of amides is 1. The molecule has 0 bridgehead atoms. The van der Waals surface area contributed by atoms with Gasteiger partial charge in [0.15, 0.2) is 0 Å². The Hall–Kier alpha value is -2.12. The minimum Gasteiger partial charge on any atom is -0.477 e. The molecule has 0 saturated heterocycles. The molecular formula is C13H12ClN3O3S. The fraction of sp³-hybridized carbons (Fsp3) is 0.154. The van der Waals surface area contributed by atoms with Gasteiger partial charge in [-0.2, -0.15) is 0 Å². The lowest BCUT2D eigenvalue weighted by atomic mass is 10.3. The number of nitrogens with one attached hydrogen (secondary N) is 1. The summed E-state index contributed by atoms with van der Waals surface area (Å²) in [5.74, 6) is -0.790. The number of carbonyl (C=O) groups excluding carboxylic acids is 1. The molecule has 0 radical (unpaired) electrons. The summed E-state index contributed by atoms with van der Waals surface area (Å²) < 4.78 is 0. The first-order valence-corrected chi connectivity index (χ1v) is 7.16. The Kier molecular flexibility index (Phi) is 4.77. The number of pyridine rings is 1. The van der Waals surface area contributed by atoms with Crippen LogP contribution in [0.3, 0.4) is 0 Å². The Labute approximate surface area is 130 Å². The second-order valence-electron chi connectivity index (χ2n) is 4.21. The number of aromatic carboxylic acids is 1. The summed E-state index contributed by atoms with van der Waals surface area (Å²) in [6.07, 6.45) is 1.49. The molecule has 6 nitrogen and oxygen atoms in total. The Bertz CT molecular complexity index is 657. The highest BCUT2D eigenvalue weighted by atomic mass is 35.5. The standard InChI is InChI=1S/C13H12ClN3O3S/c1-17(10-3-2-8(14)6-15-10)7-11(18)16-9-4-5-21-12(9)13(19)20/h2-6H,7H2,1H3,(H,16,18)(H,19,20). The third-order valence-corrected chi connectivity index (χ3v) is 3.74. The SMILES string of the molecule is CN(CC(=O)Nc1ccsc1C(=O)O)c1ccc(Cl)cn1. The van der Waals surface area contributed by atoms with Gasteiger partial charge in [0.1, 0.15) is 10.7 Å². The van der Waals surface area contributed by atoms with Crippen molar-refractivity contribution in [1.82, 2.24) is 4.98 Å². The van der Waals surface area contributed by atoms with Crippen molar-refractivity contribution in [2.75, 3.05) is 23.8 Å². The van der Waals surface area contributed by atoms with Crippen LogP contribution in [0.15, 0.2) is 29.8 Å². The summed E-state index contributed by atoms with van der Waals surface area (Å²) >= 11 is 6.81. The van der Waals surface area contributed by atoms with Gasteiger partial charge >= 0.3 is 5.97 Å². The highest BCUT2D eigenvalue weighted by Crippen LogP contribution is 2.22. The number of hydrogen-bond acceptors (Lipinski definition) is 5.